The van der Waals surface area contributed by atoms with E-state index in [1.54, 1.807) is 0 Å². The molecule has 0 heterocycles. The third-order valence-electron chi connectivity index (χ3n) is 3.19. The van der Waals surface area contributed by atoms with Crippen LogP contribution in [0.5, 0.6) is 0 Å². The zero-order valence-electron chi connectivity index (χ0n) is 10.4. The Kier molecular flexibility index (Phi) is 6.86. The summed E-state index contributed by atoms with van der Waals surface area (Å²) in [5, 5.41) is 2.93. The molecule has 3 nitrogen and oxygen atoms in total. The van der Waals surface area contributed by atoms with Crippen LogP contribution in [0.2, 0.25) is 0 Å². The van der Waals surface area contributed by atoms with E-state index in [9.17, 15) is 13.6 Å². The van der Waals surface area contributed by atoms with E-state index in [0.717, 1.165) is 25.7 Å². The zero-order chi connectivity index (χ0) is 13.4. The molecule has 0 aliphatic heterocycles. The lowest BCUT2D eigenvalue weighted by molar-refractivity contribution is -0.124. The first kappa shape index (κ1) is 15.6. The summed E-state index contributed by atoms with van der Waals surface area (Å²) in [7, 11) is 0. The van der Waals surface area contributed by atoms with Gasteiger partial charge in [-0.25, -0.2) is 8.78 Å². The van der Waals surface area contributed by atoms with Gasteiger partial charge in [-0.1, -0.05) is 19.3 Å². The number of amides is 1. The minimum Gasteiger partial charge on any atom is -0.375 e. The number of nitrogens with one attached hydrogen (secondary N) is 1. The molecule has 1 rings (SSSR count). The predicted octanol–water partition coefficient (Wildman–Crippen LogP) is 2.72. The summed E-state index contributed by atoms with van der Waals surface area (Å²) < 4.78 is 28.3. The second kappa shape index (κ2) is 7.89. The number of hydrogen-bond donors (Lipinski definition) is 1. The maximum atomic E-state index is 11.8. The zero-order valence-corrected chi connectivity index (χ0v) is 11.1. The van der Waals surface area contributed by atoms with Crippen LogP contribution < -0.4 is 5.32 Å². The van der Waals surface area contributed by atoms with Gasteiger partial charge in [-0.3, -0.25) is 4.79 Å². The maximum absolute atomic E-state index is 11.8. The third-order valence-corrected chi connectivity index (χ3v) is 3.70. The molecule has 1 aliphatic carbocycles. The largest absolute Gasteiger partial charge is 0.375 e. The van der Waals surface area contributed by atoms with Crippen molar-refractivity contribution in [3.63, 3.8) is 0 Å². The van der Waals surface area contributed by atoms with E-state index >= 15 is 0 Å². The van der Waals surface area contributed by atoms with Crippen LogP contribution in [0.1, 0.15) is 38.5 Å². The van der Waals surface area contributed by atoms with Crippen molar-refractivity contribution in [3.05, 3.63) is 0 Å². The van der Waals surface area contributed by atoms with Gasteiger partial charge in [-0.05, 0) is 12.8 Å². The first-order chi connectivity index (χ1) is 8.58. The molecule has 1 amide bonds. The Balaban J connectivity index is 2.25. The summed E-state index contributed by atoms with van der Waals surface area (Å²) >= 11 is 5.94. The van der Waals surface area contributed by atoms with Gasteiger partial charge in [-0.15, -0.1) is 11.6 Å². The molecule has 0 unspecified atom stereocenters. The van der Waals surface area contributed by atoms with Gasteiger partial charge in [0.2, 0.25) is 5.91 Å². The second-order valence-electron chi connectivity index (χ2n) is 4.74. The molecule has 106 valence electrons. The fraction of sp³-hybridized carbons (Fsp3) is 0.917. The molecule has 0 spiro atoms. The van der Waals surface area contributed by atoms with E-state index < -0.39 is 13.0 Å². The number of rotatable bonds is 7. The summed E-state index contributed by atoms with van der Waals surface area (Å²) in [4.78, 5) is 11.7. The quantitative estimate of drug-likeness (QED) is 0.576. The van der Waals surface area contributed by atoms with Crippen LogP contribution in [-0.4, -0.2) is 37.0 Å². The van der Waals surface area contributed by atoms with E-state index in [0.29, 0.717) is 5.88 Å². The monoisotopic (exact) mass is 283 g/mol. The molecule has 0 aromatic carbocycles. The van der Waals surface area contributed by atoms with Crippen LogP contribution in [0, 0.1) is 0 Å². The van der Waals surface area contributed by atoms with E-state index in [2.05, 4.69) is 10.1 Å². The maximum Gasteiger partial charge on any atom is 0.261 e. The Bertz CT molecular complexity index is 258. The van der Waals surface area contributed by atoms with E-state index in [1.165, 1.54) is 6.42 Å². The molecule has 0 bridgehead atoms. The molecular formula is C12H20ClF2NO2. The van der Waals surface area contributed by atoms with Crippen molar-refractivity contribution in [1.82, 2.24) is 5.32 Å². The molecule has 1 fully saturated rings. The number of ether oxygens (including phenoxy) is 1. The molecule has 18 heavy (non-hydrogen) atoms. The van der Waals surface area contributed by atoms with Gasteiger partial charge in [0, 0.05) is 12.3 Å². The van der Waals surface area contributed by atoms with E-state index in [-0.39, 0.29) is 24.5 Å². The molecule has 0 radical (unpaired) electrons. The summed E-state index contributed by atoms with van der Waals surface area (Å²) in [6.07, 6.45) is 2.70. The van der Waals surface area contributed by atoms with Crippen LogP contribution in [0.4, 0.5) is 8.78 Å². The van der Waals surface area contributed by atoms with Crippen molar-refractivity contribution in [2.24, 2.45) is 0 Å². The topological polar surface area (TPSA) is 38.3 Å². The number of halogens is 3. The number of carbonyl (C=O) groups excluding carboxylic acids is 1. The number of carbonyl (C=O) groups is 1. The SMILES string of the molecule is O=C(CCOCC(F)F)NC1(CCl)CCCCC1. The average Bonchev–Trinajstić information content (AvgIpc) is 2.35. The normalized spacial score (nSPS) is 18.9. The molecular weight excluding hydrogens is 264 g/mol. The van der Waals surface area contributed by atoms with Crippen LogP contribution in [0.15, 0.2) is 0 Å². The standard InChI is InChI=1S/C12H20ClF2NO2/c13-9-12(5-2-1-3-6-12)16-11(17)4-7-18-8-10(14)15/h10H,1-9H2,(H,16,17). The van der Waals surface area contributed by atoms with Gasteiger partial charge in [0.15, 0.2) is 0 Å². The highest BCUT2D eigenvalue weighted by Gasteiger charge is 2.32. The third kappa shape index (κ3) is 5.48. The average molecular weight is 284 g/mol. The molecule has 1 N–H and O–H groups in total. The van der Waals surface area contributed by atoms with Crippen molar-refractivity contribution < 1.29 is 18.3 Å². The lowest BCUT2D eigenvalue weighted by Crippen LogP contribution is -2.51. The first-order valence-corrected chi connectivity index (χ1v) is 6.84. The Morgan fingerprint density at radius 3 is 2.56 bits per heavy atom. The Morgan fingerprint density at radius 2 is 2.00 bits per heavy atom. The Labute approximate surface area is 111 Å². The smallest absolute Gasteiger partial charge is 0.261 e. The van der Waals surface area contributed by atoms with Gasteiger partial charge in [0.05, 0.1) is 12.1 Å². The van der Waals surface area contributed by atoms with Gasteiger partial charge < -0.3 is 10.1 Å². The van der Waals surface area contributed by atoms with Gasteiger partial charge >= 0.3 is 0 Å². The van der Waals surface area contributed by atoms with Gasteiger partial charge in [0.1, 0.15) is 6.61 Å². The van der Waals surface area contributed by atoms with Crippen LogP contribution in [0.3, 0.4) is 0 Å². The molecule has 0 aromatic heterocycles. The molecule has 1 saturated carbocycles. The lowest BCUT2D eigenvalue weighted by Gasteiger charge is -2.36. The highest BCUT2D eigenvalue weighted by Crippen LogP contribution is 2.29. The Morgan fingerprint density at radius 1 is 1.33 bits per heavy atom. The van der Waals surface area contributed by atoms with Crippen molar-refractivity contribution in [2.75, 3.05) is 19.1 Å². The van der Waals surface area contributed by atoms with Crippen LogP contribution in [0.25, 0.3) is 0 Å². The van der Waals surface area contributed by atoms with E-state index in [1.807, 2.05) is 0 Å². The molecule has 0 aromatic rings. The summed E-state index contributed by atoms with van der Waals surface area (Å²) in [5.41, 5.74) is -0.306. The fourth-order valence-corrected chi connectivity index (χ4v) is 2.55. The first-order valence-electron chi connectivity index (χ1n) is 6.31. The molecule has 0 saturated heterocycles. The molecule has 1 aliphatic rings. The summed E-state index contributed by atoms with van der Waals surface area (Å²) in [6, 6.07) is 0. The highest BCUT2D eigenvalue weighted by molar-refractivity contribution is 6.18. The number of hydrogen-bond acceptors (Lipinski definition) is 2. The van der Waals surface area contributed by atoms with Gasteiger partial charge in [0.25, 0.3) is 6.43 Å². The summed E-state index contributed by atoms with van der Waals surface area (Å²) in [6.45, 7) is -0.595. The van der Waals surface area contributed by atoms with E-state index in [4.69, 9.17) is 11.6 Å². The molecule has 6 heteroatoms. The Hall–Kier alpha value is -0.420. The highest BCUT2D eigenvalue weighted by atomic mass is 35.5. The van der Waals surface area contributed by atoms with Crippen LogP contribution in [-0.2, 0) is 9.53 Å². The van der Waals surface area contributed by atoms with Crippen LogP contribution >= 0.6 is 11.6 Å². The van der Waals surface area contributed by atoms with Crippen molar-refractivity contribution in [3.8, 4) is 0 Å². The second-order valence-corrected chi connectivity index (χ2v) is 5.01. The summed E-state index contributed by atoms with van der Waals surface area (Å²) in [5.74, 6) is 0.225. The fourth-order valence-electron chi connectivity index (χ4n) is 2.22. The van der Waals surface area contributed by atoms with Crippen molar-refractivity contribution >= 4 is 17.5 Å². The van der Waals surface area contributed by atoms with Crippen molar-refractivity contribution in [2.45, 2.75) is 50.5 Å². The minimum absolute atomic E-state index is 0.0224. The number of alkyl halides is 3. The van der Waals surface area contributed by atoms with Gasteiger partial charge in [-0.2, -0.15) is 0 Å². The van der Waals surface area contributed by atoms with Crippen molar-refractivity contribution in [1.29, 1.82) is 0 Å². The minimum atomic E-state index is -2.49. The lowest BCUT2D eigenvalue weighted by atomic mass is 9.83. The molecule has 0 atom stereocenters. The predicted molar refractivity (Wildman–Crippen MR) is 66.1 cm³/mol.